The molecule has 0 atom stereocenters. The molecule has 39 heavy (non-hydrogen) atoms. The molecule has 0 bridgehead atoms. The van der Waals surface area contributed by atoms with E-state index in [1.165, 1.54) is 52.9 Å². The van der Waals surface area contributed by atoms with Crippen LogP contribution in [0.25, 0.3) is 0 Å². The average Bonchev–Trinajstić information content (AvgIpc) is 3.38. The monoisotopic (exact) mass is 557 g/mol. The van der Waals surface area contributed by atoms with E-state index in [4.69, 9.17) is 15.1 Å². The van der Waals surface area contributed by atoms with Crippen LogP contribution in [0.3, 0.4) is 0 Å². The molecule has 5 rings (SSSR count). The highest BCUT2D eigenvalue weighted by Gasteiger charge is 2.15. The summed E-state index contributed by atoms with van der Waals surface area (Å²) in [4.78, 5) is 25.5. The second kappa shape index (κ2) is 12.1. The van der Waals surface area contributed by atoms with Crippen LogP contribution in [0.1, 0.15) is 23.7 Å². The number of nitrogens with one attached hydrogen (secondary N) is 3. The maximum Gasteiger partial charge on any atom is 0.258 e. The molecule has 5 aromatic rings. The van der Waals surface area contributed by atoms with Crippen molar-refractivity contribution in [3.63, 3.8) is 0 Å². The van der Waals surface area contributed by atoms with Crippen molar-refractivity contribution in [2.75, 3.05) is 5.32 Å². The molecule has 0 saturated carbocycles. The van der Waals surface area contributed by atoms with Gasteiger partial charge in [-0.1, -0.05) is 42.1 Å². The van der Waals surface area contributed by atoms with Gasteiger partial charge in [0.15, 0.2) is 16.7 Å². The molecule has 0 aliphatic carbocycles. The fourth-order valence-electron chi connectivity index (χ4n) is 3.81. The lowest BCUT2D eigenvalue weighted by molar-refractivity contribution is 0.479. The Labute approximate surface area is 232 Å². The molecule has 196 valence electrons. The summed E-state index contributed by atoms with van der Waals surface area (Å²) in [6.45, 7) is 1.57. The van der Waals surface area contributed by atoms with Crippen LogP contribution in [0.2, 0.25) is 0 Å². The summed E-state index contributed by atoms with van der Waals surface area (Å²) in [6.07, 6.45) is 4.93. The summed E-state index contributed by atoms with van der Waals surface area (Å²) in [6, 6.07) is 19.5. The standard InChI is InChI=1S/C29H24FN5O2S2/c1-18(31)26-25(13-14-32-28(26)36)39-23-15-24(37-22-11-8-20(30)9-12-22)27(33-16-23)35-29-34-21(17-38-29)10-7-19-5-3-2-4-6-19/h2-6,8-9,11-17,31H,7,10H2,1H3,(H,32,36)(H,33,34,35). The lowest BCUT2D eigenvalue weighted by atomic mass is 10.1. The maximum absolute atomic E-state index is 13.5. The molecular weight excluding hydrogens is 533 g/mol. The molecule has 0 unspecified atom stereocenters. The number of aromatic amines is 1. The number of thiazole rings is 1. The minimum Gasteiger partial charge on any atom is -0.453 e. The van der Waals surface area contributed by atoms with Gasteiger partial charge in [-0.3, -0.25) is 4.79 Å². The van der Waals surface area contributed by atoms with Crippen LogP contribution in [-0.2, 0) is 12.8 Å². The maximum atomic E-state index is 13.5. The van der Waals surface area contributed by atoms with Gasteiger partial charge in [0.05, 0.1) is 11.3 Å². The van der Waals surface area contributed by atoms with Crippen LogP contribution in [0.15, 0.2) is 99.1 Å². The van der Waals surface area contributed by atoms with Gasteiger partial charge in [-0.25, -0.2) is 14.4 Å². The number of halogens is 1. The third-order valence-corrected chi connectivity index (χ3v) is 7.51. The number of anilines is 2. The van der Waals surface area contributed by atoms with Gasteiger partial charge in [-0.05, 0) is 55.7 Å². The molecule has 0 spiro atoms. The zero-order valence-electron chi connectivity index (χ0n) is 20.9. The van der Waals surface area contributed by atoms with Crippen molar-refractivity contribution < 1.29 is 9.13 Å². The van der Waals surface area contributed by atoms with Crippen molar-refractivity contribution >= 4 is 39.8 Å². The highest BCUT2D eigenvalue weighted by atomic mass is 32.2. The van der Waals surface area contributed by atoms with Crippen LogP contribution in [0, 0.1) is 11.2 Å². The Kier molecular flexibility index (Phi) is 8.14. The van der Waals surface area contributed by atoms with Crippen LogP contribution < -0.4 is 15.6 Å². The lowest BCUT2D eigenvalue weighted by Crippen LogP contribution is -2.16. The molecule has 10 heteroatoms. The first kappa shape index (κ1) is 26.3. The first-order valence-electron chi connectivity index (χ1n) is 12.1. The van der Waals surface area contributed by atoms with E-state index in [1.54, 1.807) is 31.5 Å². The minimum absolute atomic E-state index is 0.167. The number of aromatic nitrogens is 3. The van der Waals surface area contributed by atoms with Crippen LogP contribution in [-0.4, -0.2) is 20.7 Å². The van der Waals surface area contributed by atoms with Gasteiger partial charge >= 0.3 is 0 Å². The van der Waals surface area contributed by atoms with Crippen molar-refractivity contribution in [1.82, 2.24) is 15.0 Å². The molecule has 3 aromatic heterocycles. The fraction of sp³-hybridized carbons (Fsp3) is 0.103. The highest BCUT2D eigenvalue weighted by Crippen LogP contribution is 2.37. The third kappa shape index (κ3) is 6.78. The van der Waals surface area contributed by atoms with Crippen molar-refractivity contribution in [2.45, 2.75) is 29.6 Å². The van der Waals surface area contributed by atoms with Crippen molar-refractivity contribution in [3.8, 4) is 11.5 Å². The fourth-order valence-corrected chi connectivity index (χ4v) is 5.56. The number of hydrogen-bond acceptors (Lipinski definition) is 8. The molecule has 3 N–H and O–H groups in total. The van der Waals surface area contributed by atoms with Gasteiger partial charge in [-0.2, -0.15) is 0 Å². The van der Waals surface area contributed by atoms with Gasteiger partial charge in [0.1, 0.15) is 11.6 Å². The summed E-state index contributed by atoms with van der Waals surface area (Å²) < 4.78 is 19.6. The molecule has 0 saturated heterocycles. The topological polar surface area (TPSA) is 104 Å². The van der Waals surface area contributed by atoms with Crippen LogP contribution in [0.5, 0.6) is 11.5 Å². The summed E-state index contributed by atoms with van der Waals surface area (Å²) in [5.74, 6) is 0.934. The molecule has 0 amide bonds. The normalized spacial score (nSPS) is 10.8. The van der Waals surface area contributed by atoms with Gasteiger partial charge < -0.3 is 20.4 Å². The van der Waals surface area contributed by atoms with E-state index in [0.717, 1.165) is 18.5 Å². The summed E-state index contributed by atoms with van der Waals surface area (Å²) >= 11 is 2.78. The summed E-state index contributed by atoms with van der Waals surface area (Å²) in [7, 11) is 0. The molecule has 0 aliphatic heterocycles. The van der Waals surface area contributed by atoms with Crippen molar-refractivity contribution in [1.29, 1.82) is 5.41 Å². The first-order valence-corrected chi connectivity index (χ1v) is 13.8. The SMILES string of the molecule is CC(=N)c1c(Sc2cnc(Nc3nc(CCc4ccccc4)cs3)c(Oc3ccc(F)cc3)c2)cc[nH]c1=O. The van der Waals surface area contributed by atoms with Crippen molar-refractivity contribution in [3.05, 3.63) is 117 Å². The van der Waals surface area contributed by atoms with Crippen molar-refractivity contribution in [2.24, 2.45) is 0 Å². The number of pyridine rings is 2. The number of nitrogens with zero attached hydrogens (tertiary/aromatic N) is 2. The molecule has 7 nitrogen and oxygen atoms in total. The number of hydrogen-bond donors (Lipinski definition) is 3. The Hall–Kier alpha value is -4.28. The Morgan fingerprint density at radius 3 is 2.69 bits per heavy atom. The number of H-pyrrole nitrogens is 1. The predicted molar refractivity (Wildman–Crippen MR) is 154 cm³/mol. The third-order valence-electron chi connectivity index (χ3n) is 5.68. The Morgan fingerprint density at radius 2 is 1.92 bits per heavy atom. The second-order valence-electron chi connectivity index (χ2n) is 8.60. The van der Waals surface area contributed by atoms with Gasteiger partial charge in [0.2, 0.25) is 0 Å². The van der Waals surface area contributed by atoms with E-state index in [9.17, 15) is 9.18 Å². The zero-order valence-corrected chi connectivity index (χ0v) is 22.5. The average molecular weight is 558 g/mol. The minimum atomic E-state index is -0.363. The molecule has 0 radical (unpaired) electrons. The largest absolute Gasteiger partial charge is 0.453 e. The van der Waals surface area contributed by atoms with E-state index in [1.807, 2.05) is 23.6 Å². The van der Waals surface area contributed by atoms with E-state index in [-0.39, 0.29) is 17.1 Å². The molecular formula is C29H24FN5O2S2. The van der Waals surface area contributed by atoms with Gasteiger partial charge in [0, 0.05) is 39.3 Å². The number of rotatable bonds is 10. The molecule has 3 heterocycles. The summed E-state index contributed by atoms with van der Waals surface area (Å²) in [5, 5.41) is 14.0. The number of benzene rings is 2. The molecule has 0 fully saturated rings. The molecule has 2 aromatic carbocycles. The Morgan fingerprint density at radius 1 is 1.13 bits per heavy atom. The first-order chi connectivity index (χ1) is 18.9. The van der Waals surface area contributed by atoms with E-state index in [2.05, 4.69) is 27.4 Å². The van der Waals surface area contributed by atoms with E-state index >= 15 is 0 Å². The van der Waals surface area contributed by atoms with Crippen LogP contribution >= 0.6 is 23.1 Å². The number of ether oxygens (including phenoxy) is 1. The smallest absolute Gasteiger partial charge is 0.258 e. The quantitative estimate of drug-likeness (QED) is 0.157. The lowest BCUT2D eigenvalue weighted by Gasteiger charge is -2.13. The predicted octanol–water partition coefficient (Wildman–Crippen LogP) is 7.23. The summed E-state index contributed by atoms with van der Waals surface area (Å²) in [5.41, 5.74) is 2.38. The number of aryl methyl sites for hydroxylation is 2. The zero-order chi connectivity index (χ0) is 27.2. The molecule has 0 aliphatic rings. The van der Waals surface area contributed by atoms with E-state index in [0.29, 0.717) is 37.8 Å². The highest BCUT2D eigenvalue weighted by molar-refractivity contribution is 7.99. The Bertz CT molecular complexity index is 1650. The van der Waals surface area contributed by atoms with Gasteiger partial charge in [0.25, 0.3) is 5.56 Å². The van der Waals surface area contributed by atoms with Crippen LogP contribution in [0.4, 0.5) is 15.3 Å². The van der Waals surface area contributed by atoms with Gasteiger partial charge in [-0.15, -0.1) is 11.3 Å². The van der Waals surface area contributed by atoms with E-state index < -0.39 is 0 Å². The Balaban J connectivity index is 1.40. The second-order valence-corrected chi connectivity index (χ2v) is 10.6.